The molecule has 7 rings (SSSR count). The maximum Gasteiger partial charge on any atom is 0.337 e. The molecule has 10 heteroatoms. The number of fused-ring (bicyclic) bond motifs is 3. The Morgan fingerprint density at radius 2 is 1.85 bits per heavy atom. The molecule has 0 spiro atoms. The van der Waals surface area contributed by atoms with Crippen LogP contribution in [0.15, 0.2) is 60.7 Å². The van der Waals surface area contributed by atoms with Crippen LogP contribution in [0, 0.1) is 19.7 Å². The molecule has 0 amide bonds. The maximum atomic E-state index is 15.7. The van der Waals surface area contributed by atoms with Crippen molar-refractivity contribution < 1.29 is 23.8 Å². The number of imidazole rings is 1. The van der Waals surface area contributed by atoms with Gasteiger partial charge < -0.3 is 19.6 Å². The number of aromatic nitrogens is 5. The number of carboxylic acid groups (broad SMARTS) is 1. The molecule has 3 aromatic heterocycles. The molecule has 0 radical (unpaired) electrons. The normalized spacial score (nSPS) is 14.0. The molecule has 0 saturated heterocycles. The van der Waals surface area contributed by atoms with Gasteiger partial charge in [-0.2, -0.15) is 5.10 Å². The third-order valence-corrected chi connectivity index (χ3v) is 8.31. The number of hydrogen-bond donors (Lipinski definition) is 2. The van der Waals surface area contributed by atoms with Crippen molar-refractivity contribution in [3.63, 3.8) is 0 Å². The van der Waals surface area contributed by atoms with Crippen LogP contribution in [0.2, 0.25) is 0 Å². The van der Waals surface area contributed by atoms with E-state index in [1.165, 1.54) is 6.07 Å². The number of aryl methyl sites for hydroxylation is 1. The van der Waals surface area contributed by atoms with Crippen LogP contribution < -0.4 is 4.74 Å². The van der Waals surface area contributed by atoms with Gasteiger partial charge in [0.15, 0.2) is 29.1 Å². The Morgan fingerprint density at radius 1 is 1.07 bits per heavy atom. The van der Waals surface area contributed by atoms with Crippen molar-refractivity contribution in [2.24, 2.45) is 0 Å². The molecule has 1 atom stereocenters. The van der Waals surface area contributed by atoms with Crippen molar-refractivity contribution in [1.29, 1.82) is 0 Å². The second-order valence-electron chi connectivity index (χ2n) is 12.7. The van der Waals surface area contributed by atoms with Gasteiger partial charge in [-0.1, -0.05) is 36.4 Å². The number of halogens is 1. The van der Waals surface area contributed by atoms with Gasteiger partial charge in [-0.15, -0.1) is 0 Å². The van der Waals surface area contributed by atoms with E-state index in [1.807, 2.05) is 43.3 Å². The summed E-state index contributed by atoms with van der Waals surface area (Å²) >= 11 is 0. The van der Waals surface area contributed by atoms with Crippen LogP contribution in [0.25, 0.3) is 50.6 Å². The van der Waals surface area contributed by atoms with Crippen LogP contribution >= 0.6 is 0 Å². The number of rotatable bonds is 6. The van der Waals surface area contributed by atoms with E-state index in [0.717, 1.165) is 39.7 Å². The summed E-state index contributed by atoms with van der Waals surface area (Å²) in [5.41, 5.74) is 7.13. The van der Waals surface area contributed by atoms with E-state index >= 15 is 4.39 Å². The van der Waals surface area contributed by atoms with Crippen LogP contribution in [0.4, 0.5) is 4.39 Å². The first-order valence-corrected chi connectivity index (χ1v) is 15.3. The van der Waals surface area contributed by atoms with Gasteiger partial charge in [-0.25, -0.2) is 23.7 Å². The van der Waals surface area contributed by atoms with Crippen LogP contribution in [0.5, 0.6) is 5.75 Å². The van der Waals surface area contributed by atoms with E-state index < -0.39 is 23.5 Å². The lowest BCUT2D eigenvalue weighted by molar-refractivity contribution is -0.160. The van der Waals surface area contributed by atoms with Gasteiger partial charge in [0.1, 0.15) is 5.69 Å². The Kier molecular flexibility index (Phi) is 7.12. The minimum absolute atomic E-state index is 0.245. The highest BCUT2D eigenvalue weighted by molar-refractivity contribution is 5.85. The zero-order valence-electron chi connectivity index (χ0n) is 26.3. The lowest BCUT2D eigenvalue weighted by atomic mass is 9.91. The minimum Gasteiger partial charge on any atom is -0.490 e. The summed E-state index contributed by atoms with van der Waals surface area (Å²) in [4.78, 5) is 25.8. The number of hydrogen-bond acceptors (Lipinski definition) is 6. The minimum atomic E-state index is -1.39. The molecular formula is C36H34FN5O4. The highest BCUT2D eigenvalue weighted by Gasteiger charge is 2.34. The first-order chi connectivity index (χ1) is 22.0. The summed E-state index contributed by atoms with van der Waals surface area (Å²) in [6.07, 6.45) is 0.00393. The Bertz CT molecular complexity index is 2150. The number of carboxylic acids is 1. The van der Waals surface area contributed by atoms with Gasteiger partial charge in [-0.3, -0.25) is 0 Å². The zero-order chi connectivity index (χ0) is 32.3. The Balaban J connectivity index is 1.46. The summed E-state index contributed by atoms with van der Waals surface area (Å²) in [7, 11) is 0. The Morgan fingerprint density at radius 3 is 2.59 bits per heavy atom. The first-order valence-electron chi connectivity index (χ1n) is 15.3. The van der Waals surface area contributed by atoms with Crippen molar-refractivity contribution in [1.82, 2.24) is 24.6 Å². The second kappa shape index (κ2) is 11.1. The van der Waals surface area contributed by atoms with E-state index in [9.17, 15) is 9.90 Å². The summed E-state index contributed by atoms with van der Waals surface area (Å²) in [6.45, 7) is 9.47. The molecule has 0 fully saturated rings. The van der Waals surface area contributed by atoms with Gasteiger partial charge in [0, 0.05) is 28.5 Å². The van der Waals surface area contributed by atoms with Gasteiger partial charge in [0.25, 0.3) is 0 Å². The Hall–Kier alpha value is -5.09. The number of nitrogens with one attached hydrogen (secondary N) is 1. The number of H-pyrrole nitrogens is 1. The zero-order valence-corrected chi connectivity index (χ0v) is 26.3. The molecule has 1 unspecified atom stereocenters. The fraction of sp³-hybridized carbons (Fsp3) is 0.278. The molecule has 0 saturated carbocycles. The molecule has 234 valence electrons. The molecule has 9 nitrogen and oxygen atoms in total. The average Bonchev–Trinajstić information content (AvgIpc) is 3.65. The first kappa shape index (κ1) is 29.6. The van der Waals surface area contributed by atoms with E-state index in [0.29, 0.717) is 52.7 Å². The van der Waals surface area contributed by atoms with Crippen molar-refractivity contribution >= 4 is 22.6 Å². The topological polar surface area (TPSA) is 115 Å². The second-order valence-corrected chi connectivity index (χ2v) is 12.7. The molecule has 3 aromatic carbocycles. The summed E-state index contributed by atoms with van der Waals surface area (Å²) in [5.74, 6) is -0.918. The predicted octanol–water partition coefficient (Wildman–Crippen LogP) is 7.63. The van der Waals surface area contributed by atoms with Crippen molar-refractivity contribution in [2.45, 2.75) is 59.2 Å². The van der Waals surface area contributed by atoms with Crippen LogP contribution in [0.1, 0.15) is 55.7 Å². The third-order valence-electron chi connectivity index (χ3n) is 8.31. The lowest BCUT2D eigenvalue weighted by Crippen LogP contribution is -2.29. The maximum absolute atomic E-state index is 15.7. The molecule has 0 aliphatic carbocycles. The number of aromatic amines is 1. The smallest absolute Gasteiger partial charge is 0.337 e. The monoisotopic (exact) mass is 619 g/mol. The van der Waals surface area contributed by atoms with Gasteiger partial charge in [0.2, 0.25) is 0 Å². The summed E-state index contributed by atoms with van der Waals surface area (Å²) < 4.78 is 29.1. The number of aliphatic carboxylic acids is 1. The number of ether oxygens (including phenoxy) is 2. The molecule has 6 aromatic rings. The predicted molar refractivity (Wildman–Crippen MR) is 173 cm³/mol. The molecule has 2 N–H and O–H groups in total. The SMILES string of the molecule is Cc1nc2cc(-c3nc4ccc(-c5ccccc5)cc4[nH]3)nn2c(-c2cc(F)c3c(c2C)CCCO3)c1C(OC(C)(C)C)C(=O)O. The third kappa shape index (κ3) is 5.18. The van der Waals surface area contributed by atoms with E-state index in [-0.39, 0.29) is 5.75 Å². The molecule has 4 heterocycles. The summed E-state index contributed by atoms with van der Waals surface area (Å²) in [5, 5.41) is 15.4. The van der Waals surface area contributed by atoms with E-state index in [1.54, 1.807) is 38.3 Å². The van der Waals surface area contributed by atoms with Gasteiger partial charge >= 0.3 is 5.97 Å². The lowest BCUT2D eigenvalue weighted by Gasteiger charge is -2.28. The quantitative estimate of drug-likeness (QED) is 0.197. The highest BCUT2D eigenvalue weighted by atomic mass is 19.1. The van der Waals surface area contributed by atoms with Crippen LogP contribution in [0.3, 0.4) is 0 Å². The van der Waals surface area contributed by atoms with Crippen molar-refractivity contribution in [2.75, 3.05) is 6.61 Å². The average molecular weight is 620 g/mol. The van der Waals surface area contributed by atoms with E-state index in [2.05, 4.69) is 17.1 Å². The highest BCUT2D eigenvalue weighted by Crippen LogP contribution is 2.42. The van der Waals surface area contributed by atoms with E-state index in [4.69, 9.17) is 24.5 Å². The number of benzene rings is 3. The number of carbonyl (C=O) groups is 1. The molecule has 1 aliphatic rings. The molecule has 46 heavy (non-hydrogen) atoms. The van der Waals surface area contributed by atoms with Crippen molar-refractivity contribution in [3.8, 4) is 39.7 Å². The van der Waals surface area contributed by atoms with Crippen LogP contribution in [-0.2, 0) is 16.0 Å². The Labute approximate surface area is 265 Å². The molecule has 1 aliphatic heterocycles. The number of nitrogens with zero attached hydrogens (tertiary/aromatic N) is 4. The fourth-order valence-corrected chi connectivity index (χ4v) is 6.25. The fourth-order valence-electron chi connectivity index (χ4n) is 6.25. The molecular weight excluding hydrogens is 585 g/mol. The standard InChI is InChI=1S/C36H34FN5O4/c1-19-23-12-9-15-45-32(23)25(37)17-24(19)31-30(33(35(43)44)46-36(3,4)5)20(2)38-29-18-28(41-42(29)31)34-39-26-14-13-22(16-27(26)40-34)21-10-7-6-8-11-21/h6-8,10-11,13-14,16-18,33H,9,12,15H2,1-5H3,(H,39,40)(H,43,44). The van der Waals surface area contributed by atoms with Gasteiger partial charge in [-0.05, 0) is 82.3 Å². The van der Waals surface area contributed by atoms with Crippen molar-refractivity contribution in [3.05, 3.63) is 88.9 Å². The van der Waals surface area contributed by atoms with Crippen LogP contribution in [-0.4, -0.2) is 47.8 Å². The van der Waals surface area contributed by atoms with Gasteiger partial charge in [0.05, 0.1) is 28.9 Å². The molecule has 0 bridgehead atoms. The largest absolute Gasteiger partial charge is 0.490 e. The summed E-state index contributed by atoms with van der Waals surface area (Å²) in [6, 6.07) is 19.3.